The Balaban J connectivity index is 1.83. The van der Waals surface area contributed by atoms with Gasteiger partial charge in [-0.05, 0) is 30.7 Å². The van der Waals surface area contributed by atoms with Crippen LogP contribution >= 0.6 is 0 Å². The maximum absolute atomic E-state index is 12.6. The molecule has 3 rings (SSSR count). The summed E-state index contributed by atoms with van der Waals surface area (Å²) < 4.78 is 36.3. The molecule has 0 fully saturated rings. The summed E-state index contributed by atoms with van der Waals surface area (Å²) in [7, 11) is -4.03. The van der Waals surface area contributed by atoms with E-state index in [1.807, 2.05) is 37.3 Å². The van der Waals surface area contributed by atoms with Crippen LogP contribution in [-0.4, -0.2) is 8.42 Å². The Morgan fingerprint density at radius 3 is 2.25 bits per heavy atom. The fourth-order valence-corrected chi connectivity index (χ4v) is 3.55. The molecule has 3 aromatic rings. The molecule has 6 heteroatoms. The van der Waals surface area contributed by atoms with Gasteiger partial charge in [0.25, 0.3) is 0 Å². The van der Waals surface area contributed by atoms with Crippen LogP contribution in [0.2, 0.25) is 0 Å². The van der Waals surface area contributed by atoms with Crippen LogP contribution in [0.4, 0.5) is 0 Å². The molecule has 28 heavy (non-hydrogen) atoms. The molecule has 0 saturated heterocycles. The largest absolute Gasteiger partial charge is 0.379 e. The van der Waals surface area contributed by atoms with Crippen molar-refractivity contribution < 1.29 is 17.3 Å². The summed E-state index contributed by atoms with van der Waals surface area (Å²) in [6, 6.07) is 24.4. The third-order valence-corrected chi connectivity index (χ3v) is 5.34. The minimum atomic E-state index is -4.03. The van der Waals surface area contributed by atoms with Crippen LogP contribution in [0.15, 0.2) is 83.8 Å². The van der Waals surface area contributed by atoms with Crippen molar-refractivity contribution in [1.29, 1.82) is 5.26 Å². The van der Waals surface area contributed by atoms with Crippen LogP contribution in [0.3, 0.4) is 0 Å². The zero-order valence-corrected chi connectivity index (χ0v) is 16.1. The van der Waals surface area contributed by atoms with E-state index in [9.17, 15) is 13.7 Å². The molecule has 0 heterocycles. The van der Waals surface area contributed by atoms with E-state index >= 15 is 0 Å². The molecular formula is C22H19NO4S. The van der Waals surface area contributed by atoms with Crippen LogP contribution in [0, 0.1) is 18.3 Å². The van der Waals surface area contributed by atoms with Crippen LogP contribution in [0.25, 0.3) is 0 Å². The predicted octanol–water partition coefficient (Wildman–Crippen LogP) is 4.54. The number of rotatable bonds is 7. The van der Waals surface area contributed by atoms with Crippen LogP contribution < -0.4 is 4.18 Å². The third-order valence-electron chi connectivity index (χ3n) is 4.09. The quantitative estimate of drug-likeness (QED) is 0.551. The molecule has 0 aliphatic heterocycles. The van der Waals surface area contributed by atoms with E-state index in [2.05, 4.69) is 6.07 Å². The van der Waals surface area contributed by atoms with Crippen molar-refractivity contribution in [3.63, 3.8) is 0 Å². The monoisotopic (exact) mass is 393 g/mol. The molecule has 0 amide bonds. The van der Waals surface area contributed by atoms with Gasteiger partial charge in [0.15, 0.2) is 6.10 Å². The molecule has 3 aromatic carbocycles. The number of benzene rings is 3. The lowest BCUT2D eigenvalue weighted by atomic mass is 10.1. The highest BCUT2D eigenvalue weighted by atomic mass is 32.2. The Hall–Kier alpha value is -3.14. The summed E-state index contributed by atoms with van der Waals surface area (Å²) >= 11 is 0. The lowest BCUT2D eigenvalue weighted by molar-refractivity contribution is 0.0757. The fraction of sp³-hybridized carbons (Fsp3) is 0.136. The Labute approximate surface area is 164 Å². The van der Waals surface area contributed by atoms with Gasteiger partial charge in [-0.3, -0.25) is 0 Å². The van der Waals surface area contributed by atoms with E-state index in [0.29, 0.717) is 5.56 Å². The van der Waals surface area contributed by atoms with Crippen LogP contribution in [0.5, 0.6) is 5.75 Å². The van der Waals surface area contributed by atoms with Gasteiger partial charge in [-0.1, -0.05) is 66.2 Å². The average Bonchev–Trinajstić information content (AvgIpc) is 2.70. The van der Waals surface area contributed by atoms with Gasteiger partial charge in [-0.2, -0.15) is 13.7 Å². The van der Waals surface area contributed by atoms with Crippen molar-refractivity contribution >= 4 is 10.1 Å². The second-order valence-corrected chi connectivity index (χ2v) is 7.74. The zero-order valence-electron chi connectivity index (χ0n) is 15.3. The molecule has 0 spiro atoms. The Morgan fingerprint density at radius 1 is 0.929 bits per heavy atom. The average molecular weight is 393 g/mol. The first kappa shape index (κ1) is 19.6. The molecule has 0 bridgehead atoms. The van der Waals surface area contributed by atoms with Crippen molar-refractivity contribution in [1.82, 2.24) is 0 Å². The molecule has 5 nitrogen and oxygen atoms in total. The first-order valence-electron chi connectivity index (χ1n) is 8.65. The molecule has 1 unspecified atom stereocenters. The Morgan fingerprint density at radius 2 is 1.57 bits per heavy atom. The number of nitriles is 1. The van der Waals surface area contributed by atoms with Gasteiger partial charge < -0.3 is 8.92 Å². The van der Waals surface area contributed by atoms with Crippen molar-refractivity contribution in [2.24, 2.45) is 0 Å². The second-order valence-electron chi connectivity index (χ2n) is 6.19. The molecule has 142 valence electrons. The lowest BCUT2D eigenvalue weighted by Crippen LogP contribution is -2.12. The van der Waals surface area contributed by atoms with E-state index < -0.39 is 16.2 Å². The Bertz CT molecular complexity index is 1070. The summed E-state index contributed by atoms with van der Waals surface area (Å²) in [6.07, 6.45) is -0.968. The van der Waals surface area contributed by atoms with Crippen molar-refractivity contribution in [3.05, 3.63) is 95.6 Å². The van der Waals surface area contributed by atoms with Gasteiger partial charge in [-0.15, -0.1) is 0 Å². The van der Waals surface area contributed by atoms with Crippen molar-refractivity contribution in [2.75, 3.05) is 0 Å². The molecule has 0 aliphatic carbocycles. The van der Waals surface area contributed by atoms with Gasteiger partial charge in [0.05, 0.1) is 12.7 Å². The summed E-state index contributed by atoms with van der Waals surface area (Å²) in [5.41, 5.74) is 2.21. The van der Waals surface area contributed by atoms with Gasteiger partial charge in [0.2, 0.25) is 0 Å². The van der Waals surface area contributed by atoms with Crippen LogP contribution in [0.1, 0.15) is 22.8 Å². The number of aryl methyl sites for hydroxylation is 1. The molecule has 0 N–H and O–H groups in total. The van der Waals surface area contributed by atoms with Gasteiger partial charge in [0.1, 0.15) is 10.6 Å². The fourth-order valence-electron chi connectivity index (χ4n) is 2.59. The number of para-hydroxylation sites is 1. The maximum Gasteiger partial charge on any atom is 0.339 e. The first-order valence-corrected chi connectivity index (χ1v) is 10.1. The third kappa shape index (κ3) is 4.77. The summed E-state index contributed by atoms with van der Waals surface area (Å²) in [4.78, 5) is 0.0478. The van der Waals surface area contributed by atoms with Gasteiger partial charge in [0, 0.05) is 5.56 Å². The van der Waals surface area contributed by atoms with Crippen LogP contribution in [-0.2, 0) is 21.5 Å². The standard InChI is InChI=1S/C22H19NO4S/c1-17-11-13-19(14-12-17)28(24,25)27-21-10-6-5-9-20(21)22(15-23)26-16-18-7-3-2-4-8-18/h2-14,22H,16H2,1H3. The summed E-state index contributed by atoms with van der Waals surface area (Å²) in [6.45, 7) is 2.09. The van der Waals surface area contributed by atoms with E-state index in [1.165, 1.54) is 18.2 Å². The summed E-state index contributed by atoms with van der Waals surface area (Å²) in [5.74, 6) is 0.0719. The topological polar surface area (TPSA) is 76.4 Å². The lowest BCUT2D eigenvalue weighted by Gasteiger charge is -2.16. The highest BCUT2D eigenvalue weighted by molar-refractivity contribution is 7.87. The van der Waals surface area contributed by atoms with E-state index in [0.717, 1.165) is 11.1 Å². The minimum Gasteiger partial charge on any atom is -0.379 e. The minimum absolute atomic E-state index is 0.0478. The predicted molar refractivity (Wildman–Crippen MR) is 105 cm³/mol. The second kappa shape index (κ2) is 8.70. The molecule has 0 aromatic heterocycles. The number of hydrogen-bond acceptors (Lipinski definition) is 5. The summed E-state index contributed by atoms with van der Waals surface area (Å²) in [5, 5.41) is 9.55. The molecule has 0 radical (unpaired) electrons. The van der Waals surface area contributed by atoms with E-state index in [-0.39, 0.29) is 17.3 Å². The number of ether oxygens (including phenoxy) is 1. The number of nitrogens with zero attached hydrogens (tertiary/aromatic N) is 1. The highest BCUT2D eigenvalue weighted by Gasteiger charge is 2.22. The van der Waals surface area contributed by atoms with Gasteiger partial charge in [-0.25, -0.2) is 0 Å². The SMILES string of the molecule is Cc1ccc(S(=O)(=O)Oc2ccccc2C(C#N)OCc2ccccc2)cc1. The van der Waals surface area contributed by atoms with Crippen molar-refractivity contribution in [3.8, 4) is 11.8 Å². The highest BCUT2D eigenvalue weighted by Crippen LogP contribution is 2.30. The molecule has 1 atom stereocenters. The molecule has 0 saturated carbocycles. The zero-order chi connectivity index (χ0) is 20.0. The molecular weight excluding hydrogens is 374 g/mol. The van der Waals surface area contributed by atoms with E-state index in [4.69, 9.17) is 8.92 Å². The van der Waals surface area contributed by atoms with Gasteiger partial charge >= 0.3 is 10.1 Å². The first-order chi connectivity index (χ1) is 13.5. The number of hydrogen-bond donors (Lipinski definition) is 0. The normalized spacial score (nSPS) is 12.1. The smallest absolute Gasteiger partial charge is 0.339 e. The Kier molecular flexibility index (Phi) is 6.09. The van der Waals surface area contributed by atoms with Crippen molar-refractivity contribution in [2.45, 2.75) is 24.5 Å². The maximum atomic E-state index is 12.6. The molecule has 0 aliphatic rings. The van der Waals surface area contributed by atoms with E-state index in [1.54, 1.807) is 30.3 Å².